The first kappa shape index (κ1) is 17.9. The third kappa shape index (κ3) is 3.30. The number of ether oxygens (including phenoxy) is 1. The second-order valence-corrected chi connectivity index (χ2v) is 7.41. The fourth-order valence-electron chi connectivity index (χ4n) is 4.53. The summed E-state index contributed by atoms with van der Waals surface area (Å²) in [6.07, 6.45) is 6.87. The van der Waals surface area contributed by atoms with Gasteiger partial charge in [-0.15, -0.1) is 6.42 Å². The molecule has 2 N–H and O–H groups in total. The number of piperidine rings is 1. The van der Waals surface area contributed by atoms with Crippen molar-refractivity contribution in [1.82, 2.24) is 0 Å². The van der Waals surface area contributed by atoms with Crippen LogP contribution in [0.2, 0.25) is 0 Å². The smallest absolute Gasteiger partial charge is 0.316 e. The molecular formula is C20H26NO4+. The molecule has 0 amide bonds. The molecule has 0 aromatic heterocycles. The van der Waals surface area contributed by atoms with E-state index in [-0.39, 0.29) is 24.8 Å². The molecule has 1 aromatic rings. The van der Waals surface area contributed by atoms with Crippen LogP contribution in [-0.2, 0) is 9.53 Å². The van der Waals surface area contributed by atoms with Gasteiger partial charge in [0.2, 0.25) is 0 Å². The second kappa shape index (κ2) is 7.17. The molecule has 0 saturated carbocycles. The summed E-state index contributed by atoms with van der Waals surface area (Å²) in [5.41, 5.74) is 0.752. The Morgan fingerprint density at radius 1 is 1.36 bits per heavy atom. The first-order chi connectivity index (χ1) is 12.0. The summed E-state index contributed by atoms with van der Waals surface area (Å²) in [4.78, 5) is 12.6. The molecule has 2 heterocycles. The predicted octanol–water partition coefficient (Wildman–Crippen LogP) is 1.05. The van der Waals surface area contributed by atoms with Crippen molar-refractivity contribution >= 4 is 5.97 Å². The highest BCUT2D eigenvalue weighted by molar-refractivity contribution is 5.78. The average molecular weight is 344 g/mol. The van der Waals surface area contributed by atoms with E-state index in [0.717, 1.165) is 5.56 Å². The Bertz CT molecular complexity index is 655. The van der Waals surface area contributed by atoms with Gasteiger partial charge in [0.15, 0.2) is 0 Å². The van der Waals surface area contributed by atoms with Crippen LogP contribution < -0.4 is 0 Å². The van der Waals surface area contributed by atoms with E-state index in [0.29, 0.717) is 30.3 Å². The number of aliphatic hydroxyl groups excluding tert-OH is 2. The molecule has 6 atom stereocenters. The third-order valence-electron chi connectivity index (χ3n) is 5.97. The maximum absolute atomic E-state index is 12.6. The standard InChI is InChI=1S/C20H26NO4/c1-3-9-21(2)15-10-16(12-18(21)19(23)11-15)25-20(24)17(13-22)14-7-5-4-6-8-14/h1,4-8,15-19,22-23H,9-13H2,2H3/q+1/t15-,16+,17+,18+,19-,21?/m1/s1. The first-order valence-electron chi connectivity index (χ1n) is 8.82. The number of rotatable bonds is 5. The Kier molecular flexibility index (Phi) is 5.14. The molecule has 2 saturated heterocycles. The number of aliphatic hydroxyl groups is 2. The summed E-state index contributed by atoms with van der Waals surface area (Å²) in [5.74, 6) is 1.65. The SMILES string of the molecule is C#CC[N+]1(C)[C@@H]2C[C@H](OC(=O)[C@@H](CO)c3ccccc3)C[C@H]1[C@H](O)C2. The van der Waals surface area contributed by atoms with Gasteiger partial charge in [-0.25, -0.2) is 0 Å². The van der Waals surface area contributed by atoms with Gasteiger partial charge in [-0.3, -0.25) is 4.79 Å². The number of hydrogen-bond donors (Lipinski definition) is 2. The lowest BCUT2D eigenvalue weighted by atomic mass is 9.95. The highest BCUT2D eigenvalue weighted by atomic mass is 16.5. The summed E-state index contributed by atoms with van der Waals surface area (Å²) in [5, 5.41) is 20.0. The number of quaternary nitrogens is 1. The first-order valence-corrected chi connectivity index (χ1v) is 8.82. The summed E-state index contributed by atoms with van der Waals surface area (Å²) < 4.78 is 6.39. The van der Waals surface area contributed by atoms with Crippen molar-refractivity contribution in [2.75, 3.05) is 20.2 Å². The van der Waals surface area contributed by atoms with E-state index in [2.05, 4.69) is 13.0 Å². The van der Waals surface area contributed by atoms with Crippen LogP contribution in [0.4, 0.5) is 0 Å². The fourth-order valence-corrected chi connectivity index (χ4v) is 4.53. The van der Waals surface area contributed by atoms with E-state index in [1.807, 2.05) is 30.3 Å². The topological polar surface area (TPSA) is 66.8 Å². The Morgan fingerprint density at radius 3 is 2.68 bits per heavy atom. The van der Waals surface area contributed by atoms with Crippen molar-refractivity contribution in [3.8, 4) is 12.3 Å². The fraction of sp³-hybridized carbons (Fsp3) is 0.550. The number of likely N-dealkylation sites (N-methyl/N-ethyl adjacent to an activating group) is 1. The van der Waals surface area contributed by atoms with Crippen LogP contribution >= 0.6 is 0 Å². The Hall–Kier alpha value is -1.87. The molecule has 1 unspecified atom stereocenters. The number of fused-ring (bicyclic) bond motifs is 2. The minimum atomic E-state index is -0.669. The molecule has 2 aliphatic rings. The van der Waals surface area contributed by atoms with E-state index in [1.54, 1.807) is 0 Å². The van der Waals surface area contributed by atoms with Gasteiger partial charge >= 0.3 is 5.97 Å². The van der Waals surface area contributed by atoms with Crippen molar-refractivity contribution in [3.05, 3.63) is 35.9 Å². The molecule has 0 aliphatic carbocycles. The minimum Gasteiger partial charge on any atom is -0.461 e. The maximum Gasteiger partial charge on any atom is 0.316 e. The van der Waals surface area contributed by atoms with Gasteiger partial charge in [0.05, 0.1) is 19.7 Å². The van der Waals surface area contributed by atoms with Gasteiger partial charge < -0.3 is 19.4 Å². The van der Waals surface area contributed by atoms with Crippen molar-refractivity contribution in [2.24, 2.45) is 0 Å². The van der Waals surface area contributed by atoms with Crippen molar-refractivity contribution in [3.63, 3.8) is 0 Å². The van der Waals surface area contributed by atoms with E-state index in [4.69, 9.17) is 11.2 Å². The predicted molar refractivity (Wildman–Crippen MR) is 93.5 cm³/mol. The normalized spacial score (nSPS) is 35.0. The highest BCUT2D eigenvalue weighted by Crippen LogP contribution is 2.42. The number of carbonyl (C=O) groups is 1. The second-order valence-electron chi connectivity index (χ2n) is 7.41. The van der Waals surface area contributed by atoms with Crippen molar-refractivity contribution in [2.45, 2.75) is 49.5 Å². The maximum atomic E-state index is 12.6. The molecule has 5 nitrogen and oxygen atoms in total. The zero-order valence-electron chi connectivity index (χ0n) is 14.5. The Balaban J connectivity index is 1.69. The number of esters is 1. The van der Waals surface area contributed by atoms with Gasteiger partial charge in [0.1, 0.15) is 30.7 Å². The minimum absolute atomic E-state index is 0.00287. The van der Waals surface area contributed by atoms with Crippen LogP contribution in [0.5, 0.6) is 0 Å². The lowest BCUT2D eigenvalue weighted by molar-refractivity contribution is -0.944. The van der Waals surface area contributed by atoms with E-state index in [9.17, 15) is 15.0 Å². The quantitative estimate of drug-likeness (QED) is 0.476. The monoisotopic (exact) mass is 344 g/mol. The average Bonchev–Trinajstić information content (AvgIpc) is 2.72. The summed E-state index contributed by atoms with van der Waals surface area (Å²) in [6, 6.07) is 9.38. The van der Waals surface area contributed by atoms with Crippen LogP contribution in [0.1, 0.15) is 30.7 Å². The number of benzene rings is 1. The van der Waals surface area contributed by atoms with Gasteiger partial charge in [0.25, 0.3) is 0 Å². The van der Waals surface area contributed by atoms with Crippen LogP contribution in [0.25, 0.3) is 0 Å². The largest absolute Gasteiger partial charge is 0.461 e. The molecule has 25 heavy (non-hydrogen) atoms. The van der Waals surface area contributed by atoms with Crippen molar-refractivity contribution in [1.29, 1.82) is 0 Å². The number of carbonyl (C=O) groups excluding carboxylic acids is 1. The third-order valence-corrected chi connectivity index (χ3v) is 5.97. The molecular weight excluding hydrogens is 318 g/mol. The van der Waals surface area contributed by atoms with Crippen molar-refractivity contribution < 1.29 is 24.2 Å². The van der Waals surface area contributed by atoms with Gasteiger partial charge in [-0.1, -0.05) is 30.3 Å². The zero-order valence-corrected chi connectivity index (χ0v) is 14.5. The number of terminal acetylenes is 1. The summed E-state index contributed by atoms with van der Waals surface area (Å²) in [6.45, 7) is 0.298. The lowest BCUT2D eigenvalue weighted by Crippen LogP contribution is -2.60. The number of nitrogens with zero attached hydrogens (tertiary/aromatic N) is 1. The molecule has 0 spiro atoms. The van der Waals surface area contributed by atoms with Gasteiger partial charge in [-0.05, 0) is 11.5 Å². The molecule has 1 aromatic carbocycles. The van der Waals surface area contributed by atoms with E-state index < -0.39 is 18.0 Å². The van der Waals surface area contributed by atoms with Crippen LogP contribution in [0, 0.1) is 12.3 Å². The van der Waals surface area contributed by atoms with Crippen LogP contribution in [0.15, 0.2) is 30.3 Å². The van der Waals surface area contributed by atoms with Crippen LogP contribution in [0.3, 0.4) is 0 Å². The highest BCUT2D eigenvalue weighted by Gasteiger charge is 2.56. The molecule has 3 rings (SSSR count). The number of hydrogen-bond acceptors (Lipinski definition) is 4. The van der Waals surface area contributed by atoms with E-state index in [1.165, 1.54) is 0 Å². The Labute approximate surface area is 148 Å². The summed E-state index contributed by atoms with van der Waals surface area (Å²) >= 11 is 0. The molecule has 134 valence electrons. The van der Waals surface area contributed by atoms with Gasteiger partial charge in [0, 0.05) is 19.3 Å². The molecule has 2 aliphatic heterocycles. The Morgan fingerprint density at radius 2 is 2.08 bits per heavy atom. The molecule has 2 bridgehead atoms. The molecule has 0 radical (unpaired) electrons. The molecule has 2 fully saturated rings. The lowest BCUT2D eigenvalue weighted by Gasteiger charge is -2.45. The summed E-state index contributed by atoms with van der Waals surface area (Å²) in [7, 11) is 2.09. The van der Waals surface area contributed by atoms with E-state index >= 15 is 0 Å². The van der Waals surface area contributed by atoms with Crippen LogP contribution in [-0.4, -0.2) is 65.2 Å². The molecule has 5 heteroatoms. The van der Waals surface area contributed by atoms with Gasteiger partial charge in [-0.2, -0.15) is 0 Å². The zero-order chi connectivity index (χ0) is 18.0.